The highest BCUT2D eigenvalue weighted by Gasteiger charge is 2.17. The lowest BCUT2D eigenvalue weighted by Gasteiger charge is -2.05. The molecule has 2 N–H and O–H groups in total. The van der Waals surface area contributed by atoms with E-state index in [4.69, 9.17) is 11.6 Å². The molecule has 0 spiro atoms. The summed E-state index contributed by atoms with van der Waals surface area (Å²) in [4.78, 5) is 17.3. The maximum atomic E-state index is 12.1. The van der Waals surface area contributed by atoms with Crippen LogP contribution in [-0.4, -0.2) is 35.5 Å². The van der Waals surface area contributed by atoms with Crippen molar-refractivity contribution in [1.29, 1.82) is 0 Å². The molecule has 3 aromatic rings. The predicted octanol–water partition coefficient (Wildman–Crippen LogP) is 3.55. The van der Waals surface area contributed by atoms with Gasteiger partial charge in [0.2, 0.25) is 0 Å². The van der Waals surface area contributed by atoms with Crippen molar-refractivity contribution in [2.45, 2.75) is 11.8 Å². The van der Waals surface area contributed by atoms with E-state index in [0.717, 1.165) is 11.1 Å². The number of hydrogen-bond donors (Lipinski definition) is 2. The number of benzene rings is 1. The maximum absolute atomic E-state index is 12.1. The van der Waals surface area contributed by atoms with E-state index in [1.165, 1.54) is 28.2 Å². The molecule has 0 unspecified atom stereocenters. The lowest BCUT2D eigenvalue weighted by molar-refractivity contribution is 0.262. The van der Waals surface area contributed by atoms with E-state index in [1.54, 1.807) is 32.3 Å². The van der Waals surface area contributed by atoms with E-state index < -0.39 is 15.9 Å². The summed E-state index contributed by atoms with van der Waals surface area (Å²) < 4.78 is 25.3. The van der Waals surface area contributed by atoms with Crippen LogP contribution in [0.25, 0.3) is 10.4 Å². The molecule has 3 rings (SSSR count). The van der Waals surface area contributed by atoms with Gasteiger partial charge in [0.15, 0.2) is 15.0 Å². The molecule has 2 aromatic heterocycles. The van der Waals surface area contributed by atoms with Crippen molar-refractivity contribution in [3.63, 3.8) is 0 Å². The van der Waals surface area contributed by atoms with Gasteiger partial charge in [-0.2, -0.15) is 5.10 Å². The lowest BCUT2D eigenvalue weighted by atomic mass is 10.2. The van der Waals surface area contributed by atoms with E-state index >= 15 is 0 Å². The number of nitrogens with one attached hydrogen (secondary N) is 2. The molecule has 1 aromatic carbocycles. The van der Waals surface area contributed by atoms with Gasteiger partial charge >= 0.3 is 6.03 Å². The normalized spacial score (nSPS) is 11.4. The second kappa shape index (κ2) is 7.29. The Bertz CT molecular complexity index is 1120. The Morgan fingerprint density at radius 3 is 2.63 bits per heavy atom. The maximum Gasteiger partial charge on any atom is 0.326 e. The number of aromatic nitrogens is 3. The summed E-state index contributed by atoms with van der Waals surface area (Å²) in [6, 6.07) is 5.98. The van der Waals surface area contributed by atoms with Crippen molar-refractivity contribution in [2.24, 2.45) is 7.05 Å². The Hall–Kier alpha value is -2.43. The van der Waals surface area contributed by atoms with Gasteiger partial charge < -0.3 is 0 Å². The van der Waals surface area contributed by atoms with Crippen LogP contribution in [0.5, 0.6) is 0 Å². The third kappa shape index (κ3) is 4.29. The quantitative estimate of drug-likeness (QED) is 0.664. The number of carbonyl (C=O) groups is 1. The standard InChI is InChI=1S/C16H16ClN5O3S2/c1-9-14(10-4-5-11(17)12(8-10)27(3,24)25)26-16(19-9)21-15(23)20-13-6-7-18-22(13)2/h4-8H,1-3H3,(H2,19,20,21,23). The Kier molecular flexibility index (Phi) is 5.22. The Balaban J connectivity index is 1.85. The number of aryl methyl sites for hydroxylation is 2. The average molecular weight is 426 g/mol. The summed E-state index contributed by atoms with van der Waals surface area (Å²) in [7, 11) is -1.75. The summed E-state index contributed by atoms with van der Waals surface area (Å²) in [6.07, 6.45) is 2.68. The average Bonchev–Trinajstić information content (AvgIpc) is 3.12. The SMILES string of the molecule is Cc1nc(NC(=O)Nc2ccnn2C)sc1-c1ccc(Cl)c(S(C)(=O)=O)c1. The minimum atomic E-state index is -3.46. The molecule has 0 bridgehead atoms. The van der Waals surface area contributed by atoms with Crippen LogP contribution in [0.4, 0.5) is 15.7 Å². The highest BCUT2D eigenvalue weighted by atomic mass is 35.5. The van der Waals surface area contributed by atoms with Crippen LogP contribution in [0.1, 0.15) is 5.69 Å². The molecule has 0 saturated heterocycles. The van der Waals surface area contributed by atoms with E-state index in [0.29, 0.717) is 22.2 Å². The number of carbonyl (C=O) groups excluding carboxylic acids is 1. The zero-order chi connectivity index (χ0) is 19.8. The van der Waals surface area contributed by atoms with Crippen LogP contribution in [0.15, 0.2) is 35.4 Å². The fraction of sp³-hybridized carbons (Fsp3) is 0.188. The largest absolute Gasteiger partial charge is 0.326 e. The first-order chi connectivity index (χ1) is 12.6. The zero-order valence-corrected chi connectivity index (χ0v) is 17.0. The van der Waals surface area contributed by atoms with Gasteiger partial charge in [0.05, 0.1) is 26.7 Å². The minimum Gasteiger partial charge on any atom is -0.292 e. The fourth-order valence-electron chi connectivity index (χ4n) is 2.39. The number of thiazole rings is 1. The van der Waals surface area contributed by atoms with Gasteiger partial charge in [-0.3, -0.25) is 15.3 Å². The van der Waals surface area contributed by atoms with Gasteiger partial charge in [0, 0.05) is 19.4 Å². The number of nitrogens with zero attached hydrogens (tertiary/aromatic N) is 3. The third-order valence-corrected chi connectivity index (χ3v) is 6.37. The monoisotopic (exact) mass is 425 g/mol. The van der Waals surface area contributed by atoms with Crippen LogP contribution >= 0.6 is 22.9 Å². The van der Waals surface area contributed by atoms with Crippen LogP contribution in [0.2, 0.25) is 5.02 Å². The summed E-state index contributed by atoms with van der Waals surface area (Å²) in [5, 5.41) is 9.85. The molecule has 11 heteroatoms. The van der Waals surface area contributed by atoms with Crippen molar-refractivity contribution in [2.75, 3.05) is 16.9 Å². The van der Waals surface area contributed by atoms with Gasteiger partial charge in [0.1, 0.15) is 5.82 Å². The Morgan fingerprint density at radius 2 is 2.00 bits per heavy atom. The third-order valence-electron chi connectivity index (χ3n) is 3.67. The molecule has 8 nitrogen and oxygen atoms in total. The van der Waals surface area contributed by atoms with Crippen LogP contribution in [0, 0.1) is 6.92 Å². The summed E-state index contributed by atoms with van der Waals surface area (Å²) in [6.45, 7) is 1.78. The van der Waals surface area contributed by atoms with Crippen molar-refractivity contribution in [3.05, 3.63) is 41.2 Å². The van der Waals surface area contributed by atoms with Crippen LogP contribution < -0.4 is 10.6 Å². The first kappa shape index (κ1) is 19.3. The van der Waals surface area contributed by atoms with E-state index in [-0.39, 0.29) is 9.92 Å². The number of urea groups is 1. The van der Waals surface area contributed by atoms with Gasteiger partial charge in [-0.1, -0.05) is 29.0 Å². The van der Waals surface area contributed by atoms with E-state index in [2.05, 4.69) is 20.7 Å². The van der Waals surface area contributed by atoms with Crippen molar-refractivity contribution in [3.8, 4) is 10.4 Å². The Morgan fingerprint density at radius 1 is 1.26 bits per heavy atom. The van der Waals surface area contributed by atoms with Crippen molar-refractivity contribution < 1.29 is 13.2 Å². The number of anilines is 2. The molecule has 0 aliphatic heterocycles. The lowest BCUT2D eigenvalue weighted by Crippen LogP contribution is -2.20. The minimum absolute atomic E-state index is 0.0536. The molecule has 142 valence electrons. The first-order valence-electron chi connectivity index (χ1n) is 7.68. The number of amides is 2. The van der Waals surface area contributed by atoms with E-state index in [1.807, 2.05) is 0 Å². The molecule has 0 atom stereocenters. The molecule has 0 fully saturated rings. The topological polar surface area (TPSA) is 106 Å². The molecule has 0 saturated carbocycles. The highest BCUT2D eigenvalue weighted by Crippen LogP contribution is 2.35. The number of hydrogen-bond acceptors (Lipinski definition) is 6. The Labute approximate surface area is 165 Å². The summed E-state index contributed by atoms with van der Waals surface area (Å²) >= 11 is 7.24. The molecule has 0 radical (unpaired) electrons. The van der Waals surface area contributed by atoms with Crippen molar-refractivity contribution in [1.82, 2.24) is 14.8 Å². The predicted molar refractivity (Wildman–Crippen MR) is 106 cm³/mol. The summed E-state index contributed by atoms with van der Waals surface area (Å²) in [5.41, 5.74) is 1.33. The van der Waals surface area contributed by atoms with Crippen LogP contribution in [0.3, 0.4) is 0 Å². The van der Waals surface area contributed by atoms with Crippen LogP contribution in [-0.2, 0) is 16.9 Å². The van der Waals surface area contributed by atoms with Gasteiger partial charge in [-0.25, -0.2) is 18.2 Å². The first-order valence-corrected chi connectivity index (χ1v) is 10.8. The molecule has 0 aliphatic rings. The zero-order valence-electron chi connectivity index (χ0n) is 14.6. The van der Waals surface area contributed by atoms with Gasteiger partial charge in [-0.05, 0) is 24.6 Å². The smallest absolute Gasteiger partial charge is 0.292 e. The molecular weight excluding hydrogens is 410 g/mol. The second-order valence-electron chi connectivity index (χ2n) is 5.77. The molecule has 27 heavy (non-hydrogen) atoms. The second-order valence-corrected chi connectivity index (χ2v) is 9.16. The summed E-state index contributed by atoms with van der Waals surface area (Å²) in [5.74, 6) is 0.538. The fourth-order valence-corrected chi connectivity index (χ4v) is 4.65. The number of halogens is 1. The molecule has 0 aliphatic carbocycles. The highest BCUT2D eigenvalue weighted by molar-refractivity contribution is 7.90. The van der Waals surface area contributed by atoms with Crippen molar-refractivity contribution >= 4 is 49.8 Å². The molecule has 2 amide bonds. The number of rotatable bonds is 4. The number of sulfone groups is 1. The molecular formula is C16H16ClN5O3S2. The molecule has 2 heterocycles. The van der Waals surface area contributed by atoms with Gasteiger partial charge in [0.25, 0.3) is 0 Å². The van der Waals surface area contributed by atoms with E-state index in [9.17, 15) is 13.2 Å². The van der Waals surface area contributed by atoms with Gasteiger partial charge in [-0.15, -0.1) is 0 Å².